The standard InChI is InChI=1S/C10H18O6Si/c1-13-10(14-2,15-3)5-4-9(17)6-7(11)16-8(9)12/h4-6H2,1-3,17H3. The molecule has 0 aromatic rings. The molecule has 1 heterocycles. The summed E-state index contributed by atoms with van der Waals surface area (Å²) >= 11 is 0. The minimum Gasteiger partial charge on any atom is -0.393 e. The largest absolute Gasteiger partial charge is 0.393 e. The van der Waals surface area contributed by atoms with Crippen molar-refractivity contribution in [1.29, 1.82) is 0 Å². The molecular weight excluding hydrogens is 244 g/mol. The van der Waals surface area contributed by atoms with Crippen molar-refractivity contribution in [2.24, 2.45) is 0 Å². The van der Waals surface area contributed by atoms with Gasteiger partial charge in [-0.1, -0.05) is 0 Å². The third-order valence-corrected chi connectivity index (χ3v) is 4.41. The van der Waals surface area contributed by atoms with Crippen LogP contribution in [-0.2, 0) is 28.5 Å². The molecule has 1 aliphatic rings. The van der Waals surface area contributed by atoms with Crippen LogP contribution in [-0.4, -0.2) is 49.5 Å². The Labute approximate surface area is 103 Å². The fraction of sp³-hybridized carbons (Fsp3) is 0.800. The van der Waals surface area contributed by atoms with Crippen molar-refractivity contribution in [2.45, 2.75) is 30.3 Å². The summed E-state index contributed by atoms with van der Waals surface area (Å²) in [4.78, 5) is 22.6. The molecule has 0 saturated carbocycles. The average Bonchev–Trinajstić information content (AvgIpc) is 2.56. The molecule has 0 N–H and O–H groups in total. The summed E-state index contributed by atoms with van der Waals surface area (Å²) in [5.74, 6) is -2.06. The third kappa shape index (κ3) is 2.92. The summed E-state index contributed by atoms with van der Waals surface area (Å²) in [5, 5.41) is -0.683. The van der Waals surface area contributed by atoms with Gasteiger partial charge in [-0.15, -0.1) is 0 Å². The molecule has 1 aliphatic heterocycles. The van der Waals surface area contributed by atoms with E-state index in [1.54, 1.807) is 0 Å². The second-order valence-corrected chi connectivity index (χ2v) is 6.21. The van der Waals surface area contributed by atoms with Gasteiger partial charge >= 0.3 is 11.9 Å². The van der Waals surface area contributed by atoms with E-state index in [0.717, 1.165) is 0 Å². The van der Waals surface area contributed by atoms with Crippen molar-refractivity contribution in [3.63, 3.8) is 0 Å². The van der Waals surface area contributed by atoms with Gasteiger partial charge in [-0.25, -0.2) is 0 Å². The Morgan fingerprint density at radius 2 is 1.82 bits per heavy atom. The Morgan fingerprint density at radius 1 is 1.29 bits per heavy atom. The van der Waals surface area contributed by atoms with Crippen LogP contribution in [0.3, 0.4) is 0 Å². The normalized spacial score (nSPS) is 25.4. The van der Waals surface area contributed by atoms with Crippen molar-refractivity contribution in [2.75, 3.05) is 21.3 Å². The number of methoxy groups -OCH3 is 3. The molecule has 0 aliphatic carbocycles. The molecule has 0 amide bonds. The smallest absolute Gasteiger partial charge is 0.316 e. The quantitative estimate of drug-likeness (QED) is 0.274. The molecule has 7 heteroatoms. The second kappa shape index (κ2) is 5.26. The van der Waals surface area contributed by atoms with Gasteiger partial charge in [0.1, 0.15) is 0 Å². The van der Waals surface area contributed by atoms with E-state index in [0.29, 0.717) is 23.1 Å². The molecule has 1 unspecified atom stereocenters. The average molecular weight is 262 g/mol. The molecule has 98 valence electrons. The first-order valence-corrected chi connectivity index (χ1v) is 6.32. The lowest BCUT2D eigenvalue weighted by molar-refractivity contribution is -0.355. The lowest BCUT2D eigenvalue weighted by atomic mass is 9.99. The van der Waals surface area contributed by atoms with Crippen LogP contribution in [0.5, 0.6) is 0 Å². The summed E-state index contributed by atoms with van der Waals surface area (Å²) in [7, 11) is 4.93. The summed E-state index contributed by atoms with van der Waals surface area (Å²) in [6.45, 7) is 0. The first kappa shape index (κ1) is 14.3. The van der Waals surface area contributed by atoms with Crippen LogP contribution in [0.15, 0.2) is 0 Å². The SMILES string of the molecule is COC(CCC1([SiH3])CC(=O)OC1=O)(OC)OC. The van der Waals surface area contributed by atoms with Crippen molar-refractivity contribution >= 4 is 22.2 Å². The zero-order chi connectivity index (χ0) is 13.1. The van der Waals surface area contributed by atoms with Crippen LogP contribution in [0.1, 0.15) is 19.3 Å². The van der Waals surface area contributed by atoms with Crippen molar-refractivity contribution < 1.29 is 28.5 Å². The van der Waals surface area contributed by atoms with E-state index < -0.39 is 23.0 Å². The molecule has 0 aromatic heterocycles. The lowest BCUT2D eigenvalue weighted by Crippen LogP contribution is -2.37. The molecule has 0 aromatic carbocycles. The van der Waals surface area contributed by atoms with E-state index in [-0.39, 0.29) is 6.42 Å². The highest BCUT2D eigenvalue weighted by atomic mass is 28.1. The zero-order valence-corrected chi connectivity index (χ0v) is 12.6. The van der Waals surface area contributed by atoms with Crippen LogP contribution in [0.2, 0.25) is 5.04 Å². The van der Waals surface area contributed by atoms with Gasteiger partial charge < -0.3 is 18.9 Å². The molecule has 1 fully saturated rings. The highest BCUT2D eigenvalue weighted by Gasteiger charge is 2.46. The summed E-state index contributed by atoms with van der Waals surface area (Å²) in [6.07, 6.45) is 0.951. The van der Waals surface area contributed by atoms with Crippen LogP contribution >= 0.6 is 0 Å². The van der Waals surface area contributed by atoms with E-state index >= 15 is 0 Å². The molecule has 1 rings (SSSR count). The van der Waals surface area contributed by atoms with E-state index in [1.807, 2.05) is 0 Å². The monoisotopic (exact) mass is 262 g/mol. The third-order valence-electron chi connectivity index (χ3n) is 3.15. The summed E-state index contributed by atoms with van der Waals surface area (Å²) < 4.78 is 20.0. The van der Waals surface area contributed by atoms with Gasteiger partial charge in [-0.05, 0) is 6.42 Å². The van der Waals surface area contributed by atoms with Gasteiger partial charge in [0.15, 0.2) is 0 Å². The summed E-state index contributed by atoms with van der Waals surface area (Å²) in [6, 6.07) is 0. The van der Waals surface area contributed by atoms with Gasteiger partial charge in [-0.2, -0.15) is 0 Å². The number of esters is 2. The number of ether oxygens (including phenoxy) is 4. The van der Waals surface area contributed by atoms with E-state index in [4.69, 9.17) is 14.2 Å². The van der Waals surface area contributed by atoms with Crippen LogP contribution in [0.4, 0.5) is 0 Å². The second-order valence-electron chi connectivity index (χ2n) is 4.29. The maximum atomic E-state index is 11.6. The van der Waals surface area contributed by atoms with E-state index in [2.05, 4.69) is 4.74 Å². The molecule has 17 heavy (non-hydrogen) atoms. The first-order valence-electron chi connectivity index (χ1n) is 5.32. The molecule has 0 bridgehead atoms. The number of hydrogen-bond acceptors (Lipinski definition) is 6. The predicted molar refractivity (Wildman–Crippen MR) is 61.3 cm³/mol. The number of carbonyl (C=O) groups is 2. The van der Waals surface area contributed by atoms with Crippen molar-refractivity contribution in [3.8, 4) is 0 Å². The Balaban J connectivity index is 2.66. The summed E-state index contributed by atoms with van der Waals surface area (Å²) in [5.41, 5.74) is 0. The Bertz CT molecular complexity index is 306. The van der Waals surface area contributed by atoms with Crippen molar-refractivity contribution in [3.05, 3.63) is 0 Å². The van der Waals surface area contributed by atoms with Gasteiger partial charge in [0.05, 0.1) is 11.5 Å². The molecule has 6 nitrogen and oxygen atoms in total. The molecule has 1 atom stereocenters. The van der Waals surface area contributed by atoms with E-state index in [9.17, 15) is 9.59 Å². The number of carbonyl (C=O) groups excluding carboxylic acids is 2. The topological polar surface area (TPSA) is 71.1 Å². The van der Waals surface area contributed by atoms with Gasteiger partial charge in [-0.3, -0.25) is 9.59 Å². The Hall–Kier alpha value is -0.763. The molecule has 1 saturated heterocycles. The fourth-order valence-electron chi connectivity index (χ4n) is 1.83. The zero-order valence-electron chi connectivity index (χ0n) is 10.6. The minimum absolute atomic E-state index is 0.144. The molecular formula is C10H18O6Si. The number of rotatable bonds is 6. The van der Waals surface area contributed by atoms with Crippen LogP contribution < -0.4 is 0 Å². The van der Waals surface area contributed by atoms with Crippen molar-refractivity contribution in [1.82, 2.24) is 0 Å². The highest BCUT2D eigenvalue weighted by Crippen LogP contribution is 2.41. The number of cyclic esters (lactones) is 2. The van der Waals surface area contributed by atoms with Gasteiger partial charge in [0.2, 0.25) is 0 Å². The first-order chi connectivity index (χ1) is 7.91. The minimum atomic E-state index is -1.16. The highest BCUT2D eigenvalue weighted by molar-refractivity contribution is 6.31. The maximum Gasteiger partial charge on any atom is 0.316 e. The Kier molecular flexibility index (Phi) is 4.42. The van der Waals surface area contributed by atoms with Gasteiger partial charge in [0, 0.05) is 38.0 Å². The molecule has 0 radical (unpaired) electrons. The molecule has 0 spiro atoms. The van der Waals surface area contributed by atoms with Crippen LogP contribution in [0.25, 0.3) is 0 Å². The lowest BCUT2D eigenvalue weighted by Gasteiger charge is -2.31. The fourth-order valence-corrected chi connectivity index (χ4v) is 2.47. The predicted octanol–water partition coefficient (Wildman–Crippen LogP) is -0.643. The van der Waals surface area contributed by atoms with Gasteiger partial charge in [0.25, 0.3) is 5.97 Å². The van der Waals surface area contributed by atoms with Crippen LogP contribution in [0, 0.1) is 0 Å². The Morgan fingerprint density at radius 3 is 2.18 bits per heavy atom. The van der Waals surface area contributed by atoms with E-state index in [1.165, 1.54) is 21.3 Å². The number of hydrogen-bond donors (Lipinski definition) is 0. The maximum absolute atomic E-state index is 11.6.